The zero-order valence-electron chi connectivity index (χ0n) is 15.3. The molecule has 4 rings (SSSR count). The number of fused-ring (bicyclic) bond motifs is 4. The minimum atomic E-state index is -3.33. The van der Waals surface area contributed by atoms with Gasteiger partial charge in [-0.1, -0.05) is 0 Å². The Kier molecular flexibility index (Phi) is 4.84. The van der Waals surface area contributed by atoms with Crippen molar-refractivity contribution in [2.45, 2.75) is 37.8 Å². The van der Waals surface area contributed by atoms with Gasteiger partial charge in [0.1, 0.15) is 11.6 Å². The van der Waals surface area contributed by atoms with Gasteiger partial charge < -0.3 is 9.80 Å². The Bertz CT molecular complexity index is 816. The molecule has 1 aromatic rings. The summed E-state index contributed by atoms with van der Waals surface area (Å²) in [7, 11) is -3.33. The minimum absolute atomic E-state index is 0.134. The summed E-state index contributed by atoms with van der Waals surface area (Å²) in [6, 6.07) is 3.07. The highest BCUT2D eigenvalue weighted by Crippen LogP contribution is 2.42. The topological polar surface area (TPSA) is 82.6 Å². The predicted molar refractivity (Wildman–Crippen MR) is 99.1 cm³/mol. The third kappa shape index (κ3) is 3.80. The second-order valence-electron chi connectivity index (χ2n) is 7.94. The molecule has 27 heavy (non-hydrogen) atoms. The summed E-state index contributed by atoms with van der Waals surface area (Å²) in [5.41, 5.74) is 0. The van der Waals surface area contributed by atoms with Gasteiger partial charge in [-0.3, -0.25) is 4.79 Å². The summed E-state index contributed by atoms with van der Waals surface area (Å²) in [6.45, 7) is 1.71. The van der Waals surface area contributed by atoms with Crippen LogP contribution in [0.15, 0.2) is 18.3 Å². The Morgan fingerprint density at radius 3 is 2.78 bits per heavy atom. The Morgan fingerprint density at radius 2 is 2.07 bits per heavy atom. The molecule has 0 aliphatic carbocycles. The van der Waals surface area contributed by atoms with Crippen molar-refractivity contribution in [1.29, 1.82) is 0 Å². The fourth-order valence-corrected chi connectivity index (χ4v) is 5.49. The monoisotopic (exact) mass is 396 g/mol. The number of pyridine rings is 1. The molecule has 1 amide bonds. The summed E-state index contributed by atoms with van der Waals surface area (Å²) in [4.78, 5) is 21.0. The lowest BCUT2D eigenvalue weighted by Crippen LogP contribution is -2.67. The quantitative estimate of drug-likeness (QED) is 0.820. The number of sulfonamides is 1. The van der Waals surface area contributed by atoms with E-state index in [4.69, 9.17) is 0 Å². The molecule has 4 heterocycles. The first-order valence-electron chi connectivity index (χ1n) is 9.44. The van der Waals surface area contributed by atoms with Crippen LogP contribution in [0.25, 0.3) is 0 Å². The van der Waals surface area contributed by atoms with E-state index < -0.39 is 10.0 Å². The predicted octanol–water partition coefficient (Wildman–Crippen LogP) is 0.976. The van der Waals surface area contributed by atoms with E-state index in [0.717, 1.165) is 37.9 Å². The van der Waals surface area contributed by atoms with Crippen molar-refractivity contribution in [3.05, 3.63) is 24.1 Å². The smallest absolute Gasteiger partial charge is 0.223 e. The van der Waals surface area contributed by atoms with Gasteiger partial charge in [0.25, 0.3) is 0 Å². The molecule has 4 atom stereocenters. The Hall–Kier alpha value is -1.74. The van der Waals surface area contributed by atoms with Gasteiger partial charge in [-0.15, -0.1) is 0 Å². The molecule has 2 bridgehead atoms. The number of rotatable bonds is 4. The molecule has 148 valence electrons. The zero-order chi connectivity index (χ0) is 19.2. The summed E-state index contributed by atoms with van der Waals surface area (Å²) in [6.07, 6.45) is 5.70. The Morgan fingerprint density at radius 1 is 1.30 bits per heavy atom. The average molecular weight is 396 g/mol. The molecule has 9 heteroatoms. The molecular weight excluding hydrogens is 371 g/mol. The molecule has 3 saturated heterocycles. The van der Waals surface area contributed by atoms with Crippen LogP contribution < -0.4 is 9.62 Å². The second-order valence-corrected chi connectivity index (χ2v) is 9.78. The summed E-state index contributed by atoms with van der Waals surface area (Å²) in [5, 5.41) is 0. The van der Waals surface area contributed by atoms with E-state index in [-0.39, 0.29) is 36.3 Å². The molecule has 0 aromatic carbocycles. The van der Waals surface area contributed by atoms with Crippen molar-refractivity contribution >= 4 is 21.7 Å². The van der Waals surface area contributed by atoms with E-state index in [1.807, 2.05) is 4.90 Å². The number of carbonyl (C=O) groups is 1. The van der Waals surface area contributed by atoms with Crippen molar-refractivity contribution < 1.29 is 17.6 Å². The number of aromatic nitrogens is 1. The maximum absolute atomic E-state index is 13.2. The average Bonchev–Trinajstić information content (AvgIpc) is 2.62. The van der Waals surface area contributed by atoms with Gasteiger partial charge in [-0.25, -0.2) is 22.5 Å². The summed E-state index contributed by atoms with van der Waals surface area (Å²) >= 11 is 0. The lowest BCUT2D eigenvalue weighted by Gasteiger charge is -2.56. The van der Waals surface area contributed by atoms with Crippen LogP contribution in [-0.2, 0) is 14.8 Å². The van der Waals surface area contributed by atoms with Crippen LogP contribution in [0.3, 0.4) is 0 Å². The van der Waals surface area contributed by atoms with Gasteiger partial charge in [0.05, 0.1) is 18.5 Å². The number of carbonyl (C=O) groups excluding carboxylic acids is 1. The van der Waals surface area contributed by atoms with Gasteiger partial charge in [0, 0.05) is 32.1 Å². The lowest BCUT2D eigenvalue weighted by molar-refractivity contribution is -0.148. The van der Waals surface area contributed by atoms with Gasteiger partial charge in [-0.2, -0.15) is 0 Å². The van der Waals surface area contributed by atoms with E-state index >= 15 is 0 Å². The summed E-state index contributed by atoms with van der Waals surface area (Å²) < 4.78 is 39.1. The van der Waals surface area contributed by atoms with Crippen LogP contribution in [0, 0.1) is 17.7 Å². The van der Waals surface area contributed by atoms with Crippen LogP contribution in [0.4, 0.5) is 10.2 Å². The van der Waals surface area contributed by atoms with Gasteiger partial charge in [0.15, 0.2) is 0 Å². The van der Waals surface area contributed by atoms with E-state index in [2.05, 4.69) is 14.6 Å². The largest absolute Gasteiger partial charge is 0.356 e. The molecule has 1 N–H and O–H groups in total. The van der Waals surface area contributed by atoms with Crippen molar-refractivity contribution in [3.8, 4) is 0 Å². The molecule has 0 radical (unpaired) electrons. The number of hydrogen-bond donors (Lipinski definition) is 1. The normalized spacial score (nSPS) is 31.0. The van der Waals surface area contributed by atoms with Crippen molar-refractivity contribution in [3.63, 3.8) is 0 Å². The van der Waals surface area contributed by atoms with E-state index in [1.165, 1.54) is 12.3 Å². The van der Waals surface area contributed by atoms with Crippen molar-refractivity contribution in [1.82, 2.24) is 14.6 Å². The second kappa shape index (κ2) is 7.01. The number of halogens is 1. The number of piperidine rings is 3. The maximum atomic E-state index is 13.2. The number of hydrogen-bond acceptors (Lipinski definition) is 5. The van der Waals surface area contributed by atoms with Crippen molar-refractivity contribution in [2.24, 2.45) is 11.8 Å². The third-order valence-corrected chi connectivity index (χ3v) is 6.78. The molecule has 3 aliphatic rings. The molecule has 3 fully saturated rings. The molecule has 0 unspecified atom stereocenters. The molecular formula is C18H25FN4O3S. The zero-order valence-corrected chi connectivity index (χ0v) is 16.2. The summed E-state index contributed by atoms with van der Waals surface area (Å²) in [5.74, 6) is 0.985. The maximum Gasteiger partial charge on any atom is 0.223 e. The first-order valence-corrected chi connectivity index (χ1v) is 11.3. The number of nitrogens with zero attached hydrogens (tertiary/aromatic N) is 3. The van der Waals surface area contributed by atoms with Crippen LogP contribution in [0.5, 0.6) is 0 Å². The Labute approximate surface area is 159 Å². The first-order chi connectivity index (χ1) is 12.8. The highest BCUT2D eigenvalue weighted by atomic mass is 32.2. The van der Waals surface area contributed by atoms with Gasteiger partial charge >= 0.3 is 0 Å². The van der Waals surface area contributed by atoms with E-state index in [0.29, 0.717) is 18.9 Å². The lowest BCUT2D eigenvalue weighted by atomic mass is 9.72. The molecule has 7 nitrogen and oxygen atoms in total. The molecule has 1 aromatic heterocycles. The van der Waals surface area contributed by atoms with Crippen LogP contribution >= 0.6 is 0 Å². The fraction of sp³-hybridized carbons (Fsp3) is 0.667. The van der Waals surface area contributed by atoms with Crippen molar-refractivity contribution in [2.75, 3.05) is 30.8 Å². The van der Waals surface area contributed by atoms with Gasteiger partial charge in [0.2, 0.25) is 15.9 Å². The van der Waals surface area contributed by atoms with Crippen LogP contribution in [0.1, 0.15) is 25.7 Å². The van der Waals surface area contributed by atoms with E-state index in [1.54, 1.807) is 6.07 Å². The van der Waals surface area contributed by atoms with E-state index in [9.17, 15) is 17.6 Å². The third-order valence-electron chi connectivity index (χ3n) is 6.09. The van der Waals surface area contributed by atoms with Crippen LogP contribution in [-0.4, -0.2) is 62.2 Å². The SMILES string of the molecule is CS(=O)(=O)NC[C@H]1[C@H]2C[C@H](CN(c3ccc(F)cn3)C2)[C@@H]2CCCC(=O)N21. The number of nitrogens with one attached hydrogen (secondary N) is 1. The standard InChI is InChI=1S/C18H25FN4O3S/c1-27(25,26)21-9-16-13-7-12(15-3-2-4-18(24)23(15)16)10-22(11-13)17-6-5-14(19)8-20-17/h5-6,8,12-13,15-16,21H,2-4,7,9-11H2,1H3/t12-,13+,15+,16+/m1/s1. The number of anilines is 1. The number of amides is 1. The molecule has 3 aliphatic heterocycles. The minimum Gasteiger partial charge on any atom is -0.356 e. The molecule has 0 saturated carbocycles. The fourth-order valence-electron chi connectivity index (χ4n) is 5.02. The van der Waals surface area contributed by atoms with Gasteiger partial charge in [-0.05, 0) is 43.2 Å². The first kappa shape index (κ1) is 18.6. The van der Waals surface area contributed by atoms with Crippen LogP contribution in [0.2, 0.25) is 0 Å². The molecule has 0 spiro atoms. The highest BCUT2D eigenvalue weighted by molar-refractivity contribution is 7.88. The Balaban J connectivity index is 1.61. The highest BCUT2D eigenvalue weighted by Gasteiger charge is 2.49.